The largest absolute Gasteiger partial charge is 0.486 e. The van der Waals surface area contributed by atoms with Crippen LogP contribution in [0.2, 0.25) is 10.0 Å². The highest BCUT2D eigenvalue weighted by Gasteiger charge is 2.21. The second kappa shape index (κ2) is 6.74. The number of esters is 1. The molecule has 0 unspecified atom stereocenters. The molecule has 23 heavy (non-hydrogen) atoms. The molecule has 0 aliphatic heterocycles. The van der Waals surface area contributed by atoms with Gasteiger partial charge in [-0.25, -0.2) is 9.78 Å². The van der Waals surface area contributed by atoms with E-state index in [9.17, 15) is 4.79 Å². The summed E-state index contributed by atoms with van der Waals surface area (Å²) >= 11 is 13.1. The first-order chi connectivity index (χ1) is 11.1. The van der Waals surface area contributed by atoms with Gasteiger partial charge in [0.25, 0.3) is 0 Å². The standard InChI is InChI=1S/C16H11Cl2NO3S/c1-21-16(20)14-13(10-3-2-6-19-15(10)23-14)22-8-9-4-5-11(17)12(18)7-9/h2-7H,8H2,1H3. The van der Waals surface area contributed by atoms with E-state index < -0.39 is 5.97 Å². The maximum atomic E-state index is 12.0. The first kappa shape index (κ1) is 16.1. The van der Waals surface area contributed by atoms with Gasteiger partial charge in [0.15, 0.2) is 10.6 Å². The molecular formula is C16H11Cl2NO3S. The molecule has 0 aliphatic carbocycles. The minimum Gasteiger partial charge on any atom is -0.486 e. The number of ether oxygens (including phenoxy) is 2. The smallest absolute Gasteiger partial charge is 0.351 e. The third-order valence-corrected chi connectivity index (χ3v) is 4.97. The third-order valence-electron chi connectivity index (χ3n) is 3.16. The fraction of sp³-hybridized carbons (Fsp3) is 0.125. The van der Waals surface area contributed by atoms with Crippen LogP contribution < -0.4 is 4.74 Å². The van der Waals surface area contributed by atoms with E-state index >= 15 is 0 Å². The molecule has 0 atom stereocenters. The molecule has 0 N–H and O–H groups in total. The van der Waals surface area contributed by atoms with Crippen LogP contribution in [0.1, 0.15) is 15.2 Å². The molecule has 118 valence electrons. The molecule has 2 heterocycles. The Hall–Kier alpha value is -1.82. The zero-order chi connectivity index (χ0) is 16.4. The Bertz CT molecular complexity index is 879. The van der Waals surface area contributed by atoms with Crippen molar-refractivity contribution < 1.29 is 14.3 Å². The number of rotatable bonds is 4. The predicted octanol–water partition coefficient (Wildman–Crippen LogP) is 4.97. The second-order valence-electron chi connectivity index (χ2n) is 4.65. The van der Waals surface area contributed by atoms with Gasteiger partial charge in [-0.3, -0.25) is 0 Å². The van der Waals surface area contributed by atoms with Crippen molar-refractivity contribution in [3.8, 4) is 5.75 Å². The molecule has 1 aromatic carbocycles. The Morgan fingerprint density at radius 1 is 1.26 bits per heavy atom. The molecular weight excluding hydrogens is 357 g/mol. The Balaban J connectivity index is 1.94. The number of thiophene rings is 1. The minimum absolute atomic E-state index is 0.252. The number of fused-ring (bicyclic) bond motifs is 1. The quantitative estimate of drug-likeness (QED) is 0.610. The van der Waals surface area contributed by atoms with E-state index in [1.54, 1.807) is 24.4 Å². The van der Waals surface area contributed by atoms with Crippen LogP contribution in [-0.4, -0.2) is 18.1 Å². The highest BCUT2D eigenvalue weighted by molar-refractivity contribution is 7.20. The normalized spacial score (nSPS) is 10.7. The van der Waals surface area contributed by atoms with E-state index in [2.05, 4.69) is 4.98 Å². The number of hydrogen-bond donors (Lipinski definition) is 0. The van der Waals surface area contributed by atoms with Gasteiger partial charge in [0.1, 0.15) is 11.4 Å². The maximum absolute atomic E-state index is 12.0. The average Bonchev–Trinajstić information content (AvgIpc) is 2.94. The third kappa shape index (κ3) is 3.27. The Labute approximate surface area is 146 Å². The molecule has 0 amide bonds. The van der Waals surface area contributed by atoms with Crippen molar-refractivity contribution in [3.63, 3.8) is 0 Å². The molecule has 0 spiro atoms. The second-order valence-corrected chi connectivity index (χ2v) is 6.46. The van der Waals surface area contributed by atoms with E-state index in [1.807, 2.05) is 12.1 Å². The zero-order valence-corrected chi connectivity index (χ0v) is 14.3. The molecule has 3 rings (SSSR count). The van der Waals surface area contributed by atoms with Gasteiger partial charge in [0.2, 0.25) is 0 Å². The fourth-order valence-electron chi connectivity index (χ4n) is 2.07. The average molecular weight is 368 g/mol. The van der Waals surface area contributed by atoms with Crippen LogP contribution in [0, 0.1) is 0 Å². The van der Waals surface area contributed by atoms with Crippen LogP contribution in [0.3, 0.4) is 0 Å². The molecule has 0 aliphatic rings. The summed E-state index contributed by atoms with van der Waals surface area (Å²) in [5.41, 5.74) is 0.846. The van der Waals surface area contributed by atoms with Crippen molar-refractivity contribution in [3.05, 3.63) is 57.0 Å². The Kier molecular flexibility index (Phi) is 4.71. The number of aromatic nitrogens is 1. The van der Waals surface area contributed by atoms with Crippen LogP contribution >= 0.6 is 34.5 Å². The van der Waals surface area contributed by atoms with Gasteiger partial charge in [-0.15, -0.1) is 11.3 Å². The minimum atomic E-state index is -0.447. The van der Waals surface area contributed by atoms with Crippen molar-refractivity contribution >= 4 is 50.7 Å². The molecule has 0 saturated carbocycles. The van der Waals surface area contributed by atoms with Crippen LogP contribution in [0.5, 0.6) is 5.75 Å². The van der Waals surface area contributed by atoms with E-state index in [-0.39, 0.29) is 6.61 Å². The summed E-state index contributed by atoms with van der Waals surface area (Å²) in [6, 6.07) is 8.90. The summed E-state index contributed by atoms with van der Waals surface area (Å²) < 4.78 is 10.7. The van der Waals surface area contributed by atoms with Gasteiger partial charge < -0.3 is 9.47 Å². The summed E-state index contributed by atoms with van der Waals surface area (Å²) in [7, 11) is 1.34. The first-order valence-electron chi connectivity index (χ1n) is 6.62. The van der Waals surface area contributed by atoms with Crippen molar-refractivity contribution in [2.45, 2.75) is 6.61 Å². The van der Waals surface area contributed by atoms with Crippen molar-refractivity contribution in [2.75, 3.05) is 7.11 Å². The molecule has 3 aromatic rings. The van der Waals surface area contributed by atoms with E-state index in [0.717, 1.165) is 15.8 Å². The fourth-order valence-corrected chi connectivity index (χ4v) is 3.39. The number of hydrogen-bond acceptors (Lipinski definition) is 5. The summed E-state index contributed by atoms with van der Waals surface area (Å²) in [6.07, 6.45) is 1.67. The van der Waals surface area contributed by atoms with Gasteiger partial charge in [-0.05, 0) is 29.8 Å². The van der Waals surface area contributed by atoms with Crippen LogP contribution in [-0.2, 0) is 11.3 Å². The number of nitrogens with zero attached hydrogens (tertiary/aromatic N) is 1. The molecule has 0 fully saturated rings. The monoisotopic (exact) mass is 367 g/mol. The Morgan fingerprint density at radius 2 is 2.09 bits per heavy atom. The summed E-state index contributed by atoms with van der Waals surface area (Å²) in [6.45, 7) is 0.252. The number of carbonyl (C=O) groups excluding carboxylic acids is 1. The highest BCUT2D eigenvalue weighted by Crippen LogP contribution is 2.37. The molecule has 0 radical (unpaired) electrons. The summed E-state index contributed by atoms with van der Waals surface area (Å²) in [5.74, 6) is 0.0214. The van der Waals surface area contributed by atoms with E-state index in [1.165, 1.54) is 18.4 Å². The number of carbonyl (C=O) groups is 1. The van der Waals surface area contributed by atoms with Gasteiger partial charge in [0, 0.05) is 6.20 Å². The lowest BCUT2D eigenvalue weighted by Gasteiger charge is -2.08. The molecule has 4 nitrogen and oxygen atoms in total. The number of pyridine rings is 1. The topological polar surface area (TPSA) is 48.4 Å². The van der Waals surface area contributed by atoms with E-state index in [0.29, 0.717) is 20.7 Å². The number of methoxy groups -OCH3 is 1. The maximum Gasteiger partial charge on any atom is 0.351 e. The molecule has 0 saturated heterocycles. The zero-order valence-electron chi connectivity index (χ0n) is 12.0. The van der Waals surface area contributed by atoms with Crippen LogP contribution in [0.25, 0.3) is 10.2 Å². The van der Waals surface area contributed by atoms with Crippen molar-refractivity contribution in [2.24, 2.45) is 0 Å². The number of benzene rings is 1. The Morgan fingerprint density at radius 3 is 2.83 bits per heavy atom. The van der Waals surface area contributed by atoms with Crippen LogP contribution in [0.4, 0.5) is 0 Å². The van der Waals surface area contributed by atoms with Gasteiger partial charge >= 0.3 is 5.97 Å². The number of halogens is 2. The highest BCUT2D eigenvalue weighted by atomic mass is 35.5. The van der Waals surface area contributed by atoms with Gasteiger partial charge in [-0.1, -0.05) is 29.3 Å². The summed E-state index contributed by atoms with van der Waals surface area (Å²) in [5, 5.41) is 1.71. The van der Waals surface area contributed by atoms with Gasteiger partial charge in [0.05, 0.1) is 22.5 Å². The predicted molar refractivity (Wildman–Crippen MR) is 91.8 cm³/mol. The molecule has 0 bridgehead atoms. The molecule has 7 heteroatoms. The SMILES string of the molecule is COC(=O)c1sc2ncccc2c1OCc1ccc(Cl)c(Cl)c1. The van der Waals surface area contributed by atoms with Crippen LogP contribution in [0.15, 0.2) is 36.5 Å². The van der Waals surface area contributed by atoms with Gasteiger partial charge in [-0.2, -0.15) is 0 Å². The van der Waals surface area contributed by atoms with E-state index in [4.69, 9.17) is 32.7 Å². The lowest BCUT2D eigenvalue weighted by atomic mass is 10.2. The lowest BCUT2D eigenvalue weighted by molar-refractivity contribution is 0.0602. The first-order valence-corrected chi connectivity index (χ1v) is 8.20. The van der Waals surface area contributed by atoms with Crippen molar-refractivity contribution in [1.82, 2.24) is 4.98 Å². The summed E-state index contributed by atoms with van der Waals surface area (Å²) in [4.78, 5) is 17.3. The lowest BCUT2D eigenvalue weighted by Crippen LogP contribution is -2.03. The molecule has 2 aromatic heterocycles. The van der Waals surface area contributed by atoms with Crippen molar-refractivity contribution in [1.29, 1.82) is 0 Å².